The van der Waals surface area contributed by atoms with Crippen molar-refractivity contribution < 1.29 is 9.90 Å². The first kappa shape index (κ1) is 15.4. The van der Waals surface area contributed by atoms with E-state index in [0.717, 1.165) is 45.4 Å². The Kier molecular flexibility index (Phi) is 6.60. The summed E-state index contributed by atoms with van der Waals surface area (Å²) in [6.07, 6.45) is 2.72. The second-order valence-corrected chi connectivity index (χ2v) is 5.34. The summed E-state index contributed by atoms with van der Waals surface area (Å²) in [7, 11) is 4.23. The smallest absolute Gasteiger partial charge is 0.320 e. The molecule has 0 amide bonds. The van der Waals surface area contributed by atoms with Crippen molar-refractivity contribution in [3.05, 3.63) is 0 Å². The van der Waals surface area contributed by atoms with Gasteiger partial charge in [0.1, 0.15) is 6.04 Å². The number of carbonyl (C=O) groups is 1. The predicted molar refractivity (Wildman–Crippen MR) is 72.9 cm³/mol. The van der Waals surface area contributed by atoms with E-state index in [2.05, 4.69) is 36.1 Å². The fraction of sp³-hybridized carbons (Fsp3) is 0.923. The number of nitrogens with one attached hydrogen (secondary N) is 1. The van der Waals surface area contributed by atoms with E-state index in [1.54, 1.807) is 0 Å². The highest BCUT2D eigenvalue weighted by molar-refractivity contribution is 5.73. The minimum atomic E-state index is -0.727. The number of carboxylic acids is 1. The van der Waals surface area contributed by atoms with Crippen LogP contribution in [0.15, 0.2) is 0 Å². The lowest BCUT2D eigenvalue weighted by atomic mass is 10.1. The number of likely N-dealkylation sites (N-methyl/N-ethyl adjacent to an activating group) is 2. The number of hydrogen-bond acceptors (Lipinski definition) is 4. The van der Waals surface area contributed by atoms with E-state index in [1.165, 1.54) is 0 Å². The summed E-state index contributed by atoms with van der Waals surface area (Å²) in [5.41, 5.74) is 0. The normalized spacial score (nSPS) is 24.1. The van der Waals surface area contributed by atoms with E-state index >= 15 is 0 Å². The van der Waals surface area contributed by atoms with Gasteiger partial charge in [-0.05, 0) is 20.5 Å². The monoisotopic (exact) mass is 257 g/mol. The summed E-state index contributed by atoms with van der Waals surface area (Å²) in [5.74, 6) is -0.727. The molecule has 0 saturated carbocycles. The maximum absolute atomic E-state index is 11.1. The maximum atomic E-state index is 11.1. The van der Waals surface area contributed by atoms with Crippen LogP contribution < -0.4 is 5.32 Å². The second-order valence-electron chi connectivity index (χ2n) is 5.34. The summed E-state index contributed by atoms with van der Waals surface area (Å²) in [6, 6.07) is 0.0119. The van der Waals surface area contributed by atoms with E-state index < -0.39 is 12.0 Å². The van der Waals surface area contributed by atoms with Crippen LogP contribution in [0.25, 0.3) is 0 Å². The Bertz CT molecular complexity index is 261. The van der Waals surface area contributed by atoms with Crippen molar-refractivity contribution >= 4 is 5.97 Å². The molecule has 1 aliphatic heterocycles. The Morgan fingerprint density at radius 3 is 2.78 bits per heavy atom. The SMILES string of the molecule is CCCCC(NCC1CN(C)CCN1C)C(=O)O. The van der Waals surface area contributed by atoms with Gasteiger partial charge in [0.05, 0.1) is 0 Å². The first-order valence-electron chi connectivity index (χ1n) is 6.89. The largest absolute Gasteiger partial charge is 0.480 e. The fourth-order valence-electron chi connectivity index (χ4n) is 2.32. The first-order valence-corrected chi connectivity index (χ1v) is 6.89. The number of carboxylic acid groups (broad SMARTS) is 1. The maximum Gasteiger partial charge on any atom is 0.320 e. The Hall–Kier alpha value is -0.650. The molecular formula is C13H27N3O2. The molecular weight excluding hydrogens is 230 g/mol. The Morgan fingerprint density at radius 1 is 1.44 bits per heavy atom. The highest BCUT2D eigenvalue weighted by Crippen LogP contribution is 2.06. The van der Waals surface area contributed by atoms with Gasteiger partial charge in [0.2, 0.25) is 0 Å². The van der Waals surface area contributed by atoms with Crippen molar-refractivity contribution in [3.63, 3.8) is 0 Å². The van der Waals surface area contributed by atoms with Gasteiger partial charge < -0.3 is 15.3 Å². The van der Waals surface area contributed by atoms with Crippen LogP contribution in [-0.4, -0.2) is 73.2 Å². The molecule has 1 heterocycles. The van der Waals surface area contributed by atoms with E-state index in [0.29, 0.717) is 6.04 Å². The van der Waals surface area contributed by atoms with Crippen molar-refractivity contribution in [1.82, 2.24) is 15.1 Å². The van der Waals surface area contributed by atoms with Crippen molar-refractivity contribution in [2.45, 2.75) is 38.3 Å². The molecule has 0 spiro atoms. The number of piperazine rings is 1. The van der Waals surface area contributed by atoms with E-state index in [9.17, 15) is 4.79 Å². The predicted octanol–water partition coefficient (Wildman–Crippen LogP) is 0.465. The molecule has 1 saturated heterocycles. The zero-order chi connectivity index (χ0) is 13.5. The molecule has 2 N–H and O–H groups in total. The number of unbranched alkanes of at least 4 members (excludes halogenated alkanes) is 1. The van der Waals surface area contributed by atoms with Crippen LogP contribution in [0, 0.1) is 0 Å². The van der Waals surface area contributed by atoms with Crippen molar-refractivity contribution in [2.75, 3.05) is 40.3 Å². The zero-order valence-electron chi connectivity index (χ0n) is 11.9. The van der Waals surface area contributed by atoms with Gasteiger partial charge in [-0.15, -0.1) is 0 Å². The van der Waals surface area contributed by atoms with Crippen LogP contribution in [0.5, 0.6) is 0 Å². The average molecular weight is 257 g/mol. The standard InChI is InChI=1S/C13H27N3O2/c1-4-5-6-12(13(17)18)14-9-11-10-15(2)7-8-16(11)3/h11-12,14H,4-10H2,1-3H3,(H,17,18). The van der Waals surface area contributed by atoms with E-state index in [-0.39, 0.29) is 0 Å². The molecule has 2 atom stereocenters. The third-order valence-electron chi connectivity index (χ3n) is 3.72. The molecule has 5 nitrogen and oxygen atoms in total. The quantitative estimate of drug-likeness (QED) is 0.694. The summed E-state index contributed by atoms with van der Waals surface area (Å²) in [5, 5.41) is 12.4. The Morgan fingerprint density at radius 2 is 2.17 bits per heavy atom. The molecule has 0 aromatic heterocycles. The van der Waals surface area contributed by atoms with E-state index in [1.807, 2.05) is 0 Å². The van der Waals surface area contributed by atoms with Gasteiger partial charge in [-0.25, -0.2) is 0 Å². The lowest BCUT2D eigenvalue weighted by Gasteiger charge is -2.38. The molecule has 2 unspecified atom stereocenters. The molecule has 1 fully saturated rings. The fourth-order valence-corrected chi connectivity index (χ4v) is 2.32. The molecule has 0 radical (unpaired) electrons. The summed E-state index contributed by atoms with van der Waals surface area (Å²) in [6.45, 7) is 5.98. The van der Waals surface area contributed by atoms with Gasteiger partial charge in [0.25, 0.3) is 0 Å². The molecule has 1 aliphatic rings. The molecule has 1 rings (SSSR count). The van der Waals surface area contributed by atoms with Crippen molar-refractivity contribution in [3.8, 4) is 0 Å². The third-order valence-corrected chi connectivity index (χ3v) is 3.72. The summed E-state index contributed by atoms with van der Waals surface area (Å²) in [4.78, 5) is 15.7. The lowest BCUT2D eigenvalue weighted by Crippen LogP contribution is -2.55. The van der Waals surface area contributed by atoms with Crippen LogP contribution >= 0.6 is 0 Å². The second kappa shape index (κ2) is 7.71. The van der Waals surface area contributed by atoms with Crippen molar-refractivity contribution in [1.29, 1.82) is 0 Å². The van der Waals surface area contributed by atoms with Gasteiger partial charge >= 0.3 is 5.97 Å². The molecule has 18 heavy (non-hydrogen) atoms. The van der Waals surface area contributed by atoms with Crippen LogP contribution in [-0.2, 0) is 4.79 Å². The lowest BCUT2D eigenvalue weighted by molar-refractivity contribution is -0.139. The number of rotatable bonds is 7. The van der Waals surface area contributed by atoms with E-state index in [4.69, 9.17) is 5.11 Å². The summed E-state index contributed by atoms with van der Waals surface area (Å²) >= 11 is 0. The highest BCUT2D eigenvalue weighted by atomic mass is 16.4. The minimum Gasteiger partial charge on any atom is -0.480 e. The molecule has 0 aromatic carbocycles. The number of nitrogens with zero attached hydrogens (tertiary/aromatic N) is 2. The van der Waals surface area contributed by atoms with Crippen LogP contribution in [0.2, 0.25) is 0 Å². The average Bonchev–Trinajstić information content (AvgIpc) is 2.33. The molecule has 0 bridgehead atoms. The van der Waals surface area contributed by atoms with Gasteiger partial charge in [-0.1, -0.05) is 19.8 Å². The van der Waals surface area contributed by atoms with Crippen LogP contribution in [0.3, 0.4) is 0 Å². The zero-order valence-corrected chi connectivity index (χ0v) is 11.9. The molecule has 0 aromatic rings. The Labute approximate surface area is 110 Å². The highest BCUT2D eigenvalue weighted by Gasteiger charge is 2.24. The topological polar surface area (TPSA) is 55.8 Å². The Balaban J connectivity index is 2.37. The van der Waals surface area contributed by atoms with Gasteiger partial charge in [0.15, 0.2) is 0 Å². The molecule has 5 heteroatoms. The number of aliphatic carboxylic acids is 1. The minimum absolute atomic E-state index is 0.398. The van der Waals surface area contributed by atoms with Gasteiger partial charge in [-0.3, -0.25) is 9.69 Å². The number of hydrogen-bond donors (Lipinski definition) is 2. The third kappa shape index (κ3) is 4.92. The molecule has 0 aliphatic carbocycles. The summed E-state index contributed by atoms with van der Waals surface area (Å²) < 4.78 is 0. The van der Waals surface area contributed by atoms with Gasteiger partial charge in [0, 0.05) is 32.2 Å². The van der Waals surface area contributed by atoms with Crippen LogP contribution in [0.1, 0.15) is 26.2 Å². The van der Waals surface area contributed by atoms with Crippen molar-refractivity contribution in [2.24, 2.45) is 0 Å². The first-order chi connectivity index (χ1) is 8.54. The molecule has 106 valence electrons. The van der Waals surface area contributed by atoms with Gasteiger partial charge in [-0.2, -0.15) is 0 Å². The van der Waals surface area contributed by atoms with Crippen LogP contribution in [0.4, 0.5) is 0 Å².